The van der Waals surface area contributed by atoms with Crippen molar-refractivity contribution in [1.29, 1.82) is 0 Å². The second-order valence-electron chi connectivity index (χ2n) is 4.08. The van der Waals surface area contributed by atoms with Crippen LogP contribution in [0.2, 0.25) is 0 Å². The van der Waals surface area contributed by atoms with Crippen molar-refractivity contribution in [2.75, 3.05) is 19.7 Å². The van der Waals surface area contributed by atoms with Crippen LogP contribution in [-0.2, 0) is 9.47 Å². The number of nitrogens with one attached hydrogen (secondary N) is 1. The molecule has 0 bridgehead atoms. The van der Waals surface area contributed by atoms with Crippen molar-refractivity contribution in [1.82, 2.24) is 5.32 Å². The summed E-state index contributed by atoms with van der Waals surface area (Å²) in [5, 5.41) is 3.25. The van der Waals surface area contributed by atoms with E-state index in [0.717, 1.165) is 32.5 Å². The number of ether oxygens (including phenoxy) is 2. The molecule has 0 radical (unpaired) electrons. The number of hydrogen-bond donors (Lipinski definition) is 1. The summed E-state index contributed by atoms with van der Waals surface area (Å²) in [6.45, 7) is 9.14. The van der Waals surface area contributed by atoms with Gasteiger partial charge in [-0.1, -0.05) is 6.92 Å². The third kappa shape index (κ3) is 4.40. The molecule has 14 heavy (non-hydrogen) atoms. The van der Waals surface area contributed by atoms with Gasteiger partial charge in [0.05, 0.1) is 24.9 Å². The molecule has 1 aliphatic rings. The molecule has 2 atom stereocenters. The summed E-state index contributed by atoms with van der Waals surface area (Å²) in [6.07, 6.45) is 3.17. The monoisotopic (exact) mass is 201 g/mol. The van der Waals surface area contributed by atoms with E-state index < -0.39 is 0 Å². The van der Waals surface area contributed by atoms with Crippen LogP contribution in [0.15, 0.2) is 0 Å². The summed E-state index contributed by atoms with van der Waals surface area (Å²) in [5.74, 6) is 0. The van der Waals surface area contributed by atoms with Gasteiger partial charge in [0.15, 0.2) is 0 Å². The summed E-state index contributed by atoms with van der Waals surface area (Å²) in [4.78, 5) is 0. The standard InChI is InChI=1S/C11H23NO2/c1-4-12-5-6-13-11-7-9(2)14-10(3)8-11/h9-12H,4-8H2,1-3H3. The van der Waals surface area contributed by atoms with Crippen LogP contribution in [0.3, 0.4) is 0 Å². The highest BCUT2D eigenvalue weighted by molar-refractivity contribution is 4.73. The summed E-state index contributed by atoms with van der Waals surface area (Å²) in [5.41, 5.74) is 0. The maximum absolute atomic E-state index is 5.78. The topological polar surface area (TPSA) is 30.5 Å². The minimum absolute atomic E-state index is 0.350. The summed E-state index contributed by atoms with van der Waals surface area (Å²) < 4.78 is 11.4. The molecular formula is C11H23NO2. The van der Waals surface area contributed by atoms with E-state index in [-0.39, 0.29) is 0 Å². The fraction of sp³-hybridized carbons (Fsp3) is 1.00. The van der Waals surface area contributed by atoms with Gasteiger partial charge in [0.25, 0.3) is 0 Å². The SMILES string of the molecule is CCNCCOC1CC(C)OC(C)C1. The zero-order chi connectivity index (χ0) is 10.4. The van der Waals surface area contributed by atoms with Gasteiger partial charge in [0, 0.05) is 6.54 Å². The van der Waals surface area contributed by atoms with E-state index >= 15 is 0 Å². The van der Waals surface area contributed by atoms with Crippen LogP contribution >= 0.6 is 0 Å². The fourth-order valence-electron chi connectivity index (χ4n) is 1.95. The van der Waals surface area contributed by atoms with Crippen LogP contribution < -0.4 is 5.32 Å². The van der Waals surface area contributed by atoms with E-state index in [1.165, 1.54) is 0 Å². The molecule has 1 heterocycles. The van der Waals surface area contributed by atoms with Crippen LogP contribution in [0.1, 0.15) is 33.6 Å². The molecule has 84 valence electrons. The summed E-state index contributed by atoms with van der Waals surface area (Å²) in [7, 11) is 0. The van der Waals surface area contributed by atoms with Gasteiger partial charge in [-0.3, -0.25) is 0 Å². The molecule has 0 aromatic rings. The molecule has 0 aliphatic carbocycles. The minimum atomic E-state index is 0.350. The lowest BCUT2D eigenvalue weighted by atomic mass is 10.0. The summed E-state index contributed by atoms with van der Waals surface area (Å²) in [6, 6.07) is 0. The molecule has 0 amide bonds. The normalized spacial score (nSPS) is 33.2. The predicted molar refractivity (Wildman–Crippen MR) is 57.5 cm³/mol. The second kappa shape index (κ2) is 6.38. The van der Waals surface area contributed by atoms with Crippen molar-refractivity contribution in [3.05, 3.63) is 0 Å². The molecule has 0 aromatic heterocycles. The molecule has 1 saturated heterocycles. The van der Waals surface area contributed by atoms with E-state index in [2.05, 4.69) is 26.1 Å². The Hall–Kier alpha value is -0.120. The molecule has 3 heteroatoms. The van der Waals surface area contributed by atoms with Crippen molar-refractivity contribution >= 4 is 0 Å². The zero-order valence-electron chi connectivity index (χ0n) is 9.58. The third-order valence-corrected chi connectivity index (χ3v) is 2.54. The number of hydrogen-bond acceptors (Lipinski definition) is 3. The second-order valence-corrected chi connectivity index (χ2v) is 4.08. The summed E-state index contributed by atoms with van der Waals surface area (Å²) >= 11 is 0. The van der Waals surface area contributed by atoms with Crippen molar-refractivity contribution in [2.45, 2.75) is 51.9 Å². The third-order valence-electron chi connectivity index (χ3n) is 2.54. The Morgan fingerprint density at radius 1 is 1.29 bits per heavy atom. The van der Waals surface area contributed by atoms with Gasteiger partial charge in [-0.05, 0) is 33.2 Å². The van der Waals surface area contributed by atoms with Crippen LogP contribution in [0.5, 0.6) is 0 Å². The van der Waals surface area contributed by atoms with Crippen LogP contribution in [0.25, 0.3) is 0 Å². The molecule has 1 N–H and O–H groups in total. The zero-order valence-corrected chi connectivity index (χ0v) is 9.58. The molecule has 1 aliphatic heterocycles. The first kappa shape index (κ1) is 12.0. The van der Waals surface area contributed by atoms with E-state index in [0.29, 0.717) is 18.3 Å². The highest BCUT2D eigenvalue weighted by Gasteiger charge is 2.24. The molecule has 0 aromatic carbocycles. The minimum Gasteiger partial charge on any atom is -0.377 e. The first-order chi connectivity index (χ1) is 6.72. The first-order valence-corrected chi connectivity index (χ1v) is 5.70. The van der Waals surface area contributed by atoms with E-state index in [1.807, 2.05) is 0 Å². The molecule has 2 unspecified atom stereocenters. The Bertz CT molecular complexity index is 142. The molecule has 1 fully saturated rings. The molecular weight excluding hydrogens is 178 g/mol. The number of rotatable bonds is 5. The Morgan fingerprint density at radius 2 is 1.93 bits per heavy atom. The Morgan fingerprint density at radius 3 is 2.50 bits per heavy atom. The van der Waals surface area contributed by atoms with Crippen molar-refractivity contribution in [2.24, 2.45) is 0 Å². The smallest absolute Gasteiger partial charge is 0.0625 e. The molecule has 0 saturated carbocycles. The van der Waals surface area contributed by atoms with Gasteiger partial charge in [-0.25, -0.2) is 0 Å². The molecule has 1 rings (SSSR count). The van der Waals surface area contributed by atoms with Crippen LogP contribution in [-0.4, -0.2) is 38.0 Å². The quantitative estimate of drug-likeness (QED) is 0.685. The van der Waals surface area contributed by atoms with Gasteiger partial charge in [-0.15, -0.1) is 0 Å². The van der Waals surface area contributed by atoms with Crippen molar-refractivity contribution < 1.29 is 9.47 Å². The average Bonchev–Trinajstić information content (AvgIpc) is 2.11. The molecule has 0 spiro atoms. The van der Waals surface area contributed by atoms with Gasteiger partial charge >= 0.3 is 0 Å². The highest BCUT2D eigenvalue weighted by Crippen LogP contribution is 2.21. The predicted octanol–water partition coefficient (Wildman–Crippen LogP) is 1.57. The number of likely N-dealkylation sites (N-methyl/N-ethyl adjacent to an activating group) is 1. The Labute approximate surface area is 87.2 Å². The van der Waals surface area contributed by atoms with E-state index in [4.69, 9.17) is 9.47 Å². The van der Waals surface area contributed by atoms with Gasteiger partial charge in [0.2, 0.25) is 0 Å². The van der Waals surface area contributed by atoms with Crippen molar-refractivity contribution in [3.8, 4) is 0 Å². The lowest BCUT2D eigenvalue weighted by Gasteiger charge is -2.32. The first-order valence-electron chi connectivity index (χ1n) is 5.70. The highest BCUT2D eigenvalue weighted by atomic mass is 16.5. The van der Waals surface area contributed by atoms with E-state index in [1.54, 1.807) is 0 Å². The van der Waals surface area contributed by atoms with Gasteiger partial charge in [0.1, 0.15) is 0 Å². The van der Waals surface area contributed by atoms with Crippen LogP contribution in [0.4, 0.5) is 0 Å². The van der Waals surface area contributed by atoms with Crippen molar-refractivity contribution in [3.63, 3.8) is 0 Å². The van der Waals surface area contributed by atoms with E-state index in [9.17, 15) is 0 Å². The fourth-order valence-corrected chi connectivity index (χ4v) is 1.95. The Kier molecular flexibility index (Phi) is 5.45. The average molecular weight is 201 g/mol. The van der Waals surface area contributed by atoms with Crippen LogP contribution in [0, 0.1) is 0 Å². The Balaban J connectivity index is 2.10. The lowest BCUT2D eigenvalue weighted by molar-refractivity contribution is -0.101. The maximum atomic E-state index is 5.78. The molecule has 3 nitrogen and oxygen atoms in total. The largest absolute Gasteiger partial charge is 0.377 e. The van der Waals surface area contributed by atoms with Gasteiger partial charge < -0.3 is 14.8 Å². The van der Waals surface area contributed by atoms with Gasteiger partial charge in [-0.2, -0.15) is 0 Å². The maximum Gasteiger partial charge on any atom is 0.0625 e. The lowest BCUT2D eigenvalue weighted by Crippen LogP contribution is -2.35.